The van der Waals surface area contributed by atoms with E-state index in [1.165, 1.54) is 124 Å². The van der Waals surface area contributed by atoms with Gasteiger partial charge in [0.25, 0.3) is 0 Å². The molecule has 0 bridgehead atoms. The van der Waals surface area contributed by atoms with Crippen molar-refractivity contribution < 1.29 is 28.1 Å². The van der Waals surface area contributed by atoms with E-state index in [2.05, 4.69) is 174 Å². The van der Waals surface area contributed by atoms with E-state index in [1.54, 1.807) is 41.6 Å². The third-order valence-electron chi connectivity index (χ3n) is 11.4. The molecule has 298 valence electrons. The van der Waals surface area contributed by atoms with Crippen LogP contribution in [0.3, 0.4) is 0 Å². The van der Waals surface area contributed by atoms with Crippen LogP contribution in [0.1, 0.15) is 95.3 Å². The van der Waals surface area contributed by atoms with Crippen molar-refractivity contribution >= 4 is 27.0 Å². The number of benzene rings is 5. The number of hydrogen-bond donors (Lipinski definition) is 0. The van der Waals surface area contributed by atoms with Gasteiger partial charge >= 0.3 is 41.9 Å². The van der Waals surface area contributed by atoms with Gasteiger partial charge in [0.05, 0.1) is 7.11 Å². The molecule has 1 aliphatic rings. The van der Waals surface area contributed by atoms with E-state index in [0.717, 1.165) is 12.2 Å². The van der Waals surface area contributed by atoms with Gasteiger partial charge in [-0.05, 0) is 94.9 Å². The summed E-state index contributed by atoms with van der Waals surface area (Å²) in [6.45, 7) is 29.0. The van der Waals surface area contributed by atoms with Crippen LogP contribution in [0.2, 0.25) is 13.1 Å². The molecule has 0 radical (unpaired) electrons. The maximum absolute atomic E-state index is 5.99. The van der Waals surface area contributed by atoms with Gasteiger partial charge in [-0.1, -0.05) is 150 Å². The zero-order valence-electron chi connectivity index (χ0n) is 37.8. The van der Waals surface area contributed by atoms with Crippen molar-refractivity contribution in [2.24, 2.45) is 0 Å². The Morgan fingerprint density at radius 3 is 1.50 bits per heavy atom. The summed E-state index contributed by atoms with van der Waals surface area (Å²) in [4.78, 5) is 0. The van der Waals surface area contributed by atoms with Crippen LogP contribution in [-0.2, 0) is 48.0 Å². The minimum atomic E-state index is 0.0246. The normalized spacial score (nSPS) is 12.3. The summed E-state index contributed by atoms with van der Waals surface area (Å²) in [6, 6.07) is 32.6. The van der Waals surface area contributed by atoms with Gasteiger partial charge in [-0.15, -0.1) is 50.9 Å². The van der Waals surface area contributed by atoms with Crippen LogP contribution in [0.4, 0.5) is 0 Å². The van der Waals surface area contributed by atoms with Gasteiger partial charge in [-0.25, -0.2) is 0 Å². The van der Waals surface area contributed by atoms with Crippen LogP contribution in [0.25, 0.3) is 54.9 Å². The fourth-order valence-electron chi connectivity index (χ4n) is 9.36. The van der Waals surface area contributed by atoms with Crippen molar-refractivity contribution in [3.63, 3.8) is 0 Å². The summed E-state index contributed by atoms with van der Waals surface area (Å²) < 4.78 is 5.99. The van der Waals surface area contributed by atoms with Crippen LogP contribution in [0, 0.1) is 48.5 Å². The molecule has 7 aromatic carbocycles. The molecule has 8 rings (SSSR count). The predicted molar refractivity (Wildman–Crippen MR) is 253 cm³/mol. The smallest absolute Gasteiger partial charge is 0.0271 e. The van der Waals surface area contributed by atoms with E-state index in [9.17, 15) is 0 Å². The summed E-state index contributed by atoms with van der Waals surface area (Å²) in [5, 5.41) is 5.48. The molecule has 0 fully saturated rings. The van der Waals surface area contributed by atoms with Crippen molar-refractivity contribution in [1.29, 1.82) is 0 Å². The van der Waals surface area contributed by atoms with Gasteiger partial charge in [-0.3, -0.25) is 0 Å². The monoisotopic (exact) mass is 858 g/mol. The Bertz CT molecular complexity index is 2490. The molecule has 0 unspecified atom stereocenters. The van der Waals surface area contributed by atoms with E-state index in [0.29, 0.717) is 0 Å². The zero-order chi connectivity index (χ0) is 42.2. The molecule has 1 aliphatic carbocycles. The number of aryl methyl sites for hydroxylation is 8. The van der Waals surface area contributed by atoms with Gasteiger partial charge in [0.15, 0.2) is 0 Å². The topological polar surface area (TPSA) is 9.23 Å². The maximum Gasteiger partial charge on any atom is -0.0271 e. The first-order valence-corrected chi connectivity index (χ1v) is 27.4. The SMILES string of the molecule is CCc1cc2c(-c3cc(C)cc(C)c3)c(OC)c(C(C)(C)C)cc2[cH-]1.C[Si](C)=[Zr+2].Cc1cc(C)cc(-c2c3c(c(-c4cc(C)cc(C)c4)c4[cH-]c(C)cc24)CCC3)c1. The molecule has 0 saturated heterocycles. The van der Waals surface area contributed by atoms with E-state index in [-0.39, 0.29) is 10.8 Å². The first-order valence-electron chi connectivity index (χ1n) is 21.2. The Morgan fingerprint density at radius 2 is 1.05 bits per heavy atom. The molecule has 3 heteroatoms. The molecule has 0 aliphatic heterocycles. The molecule has 0 spiro atoms. The second-order valence-corrected chi connectivity index (χ2v) is 27.7. The standard InChI is InChI=1S/C29H29.C24H29O.C2H6Si.Zr/c1-17-9-18(2)12-22(11-17)28-24-7-6-8-25(24)29(27-16-21(5)15-26(27)28)23-13-19(3)10-20(4)14-23;1-8-17-12-18-14-21(24(4,5)6)23(25-7)22(20(18)13-17)19-10-15(2)9-16(3)11-19;1-3-2;/h9-16H,6-8H2,1-5H3;9-14H,8H2,1-7H3;1-2H3;/q2*-1;;+2. The fourth-order valence-corrected chi connectivity index (χ4v) is 9.36. The summed E-state index contributed by atoms with van der Waals surface area (Å²) >= 11 is 1.74. The van der Waals surface area contributed by atoms with Crippen LogP contribution >= 0.6 is 0 Å². The molecule has 0 aromatic heterocycles. The molecule has 7 aromatic rings. The van der Waals surface area contributed by atoms with Crippen LogP contribution < -0.4 is 4.74 Å². The van der Waals surface area contributed by atoms with E-state index in [4.69, 9.17) is 4.74 Å². The van der Waals surface area contributed by atoms with Gasteiger partial charge in [0.2, 0.25) is 0 Å². The first kappa shape index (κ1) is 43.8. The van der Waals surface area contributed by atoms with E-state index >= 15 is 0 Å². The maximum atomic E-state index is 5.99. The second kappa shape index (κ2) is 17.8. The number of rotatable bonds is 5. The Labute approximate surface area is 365 Å². The molecule has 0 N–H and O–H groups in total. The van der Waals surface area contributed by atoms with Gasteiger partial charge in [-0.2, -0.15) is 12.1 Å². The largest absolute Gasteiger partial charge is 0.165 e. The summed E-state index contributed by atoms with van der Waals surface area (Å²) in [5.41, 5.74) is 23.6. The van der Waals surface area contributed by atoms with Crippen molar-refractivity contribution in [1.82, 2.24) is 0 Å². The van der Waals surface area contributed by atoms with Crippen molar-refractivity contribution in [2.45, 2.75) is 120 Å². The third-order valence-corrected chi connectivity index (χ3v) is 11.4. The summed E-state index contributed by atoms with van der Waals surface area (Å²) in [5.74, 6) is 1.01. The van der Waals surface area contributed by atoms with Gasteiger partial charge in [0.1, 0.15) is 5.75 Å². The molecule has 0 amide bonds. The molecule has 58 heavy (non-hydrogen) atoms. The third kappa shape index (κ3) is 9.48. The number of methoxy groups -OCH3 is 1. The molecule has 0 heterocycles. The number of fused-ring (bicyclic) bond motifs is 3. The van der Waals surface area contributed by atoms with E-state index < -0.39 is 0 Å². The average Bonchev–Trinajstić information content (AvgIpc) is 3.86. The number of ether oxygens (including phenoxy) is 1. The van der Waals surface area contributed by atoms with E-state index in [1.807, 2.05) is 0 Å². The van der Waals surface area contributed by atoms with Crippen LogP contribution in [0.5, 0.6) is 5.75 Å². The van der Waals surface area contributed by atoms with Crippen molar-refractivity contribution in [3.8, 4) is 39.1 Å². The number of hydrogen-bond acceptors (Lipinski definition) is 1. The van der Waals surface area contributed by atoms with Crippen LogP contribution in [0.15, 0.2) is 84.9 Å². The molecule has 0 saturated carbocycles. The predicted octanol–water partition coefficient (Wildman–Crippen LogP) is 15.4. The Hall–Kier alpha value is -3.78. The molecular formula is C55H64OSiZr. The molecule has 0 atom stereocenters. The quantitative estimate of drug-likeness (QED) is 0.124. The average molecular weight is 860 g/mol. The van der Waals surface area contributed by atoms with Gasteiger partial charge < -0.3 is 4.74 Å². The first-order chi connectivity index (χ1) is 27.4. The molecule has 1 nitrogen and oxygen atoms in total. The molecular weight excluding hydrogens is 796 g/mol. The minimum Gasteiger partial charge on any atom is -0.165 e. The fraction of sp³-hybridized carbons (Fsp3) is 0.345. The Kier molecular flexibility index (Phi) is 13.5. The summed E-state index contributed by atoms with van der Waals surface area (Å²) in [6.07, 6.45) is 4.69. The Balaban J connectivity index is 0.000000181. The zero-order valence-corrected chi connectivity index (χ0v) is 41.3. The van der Waals surface area contributed by atoms with Crippen LogP contribution in [-0.4, -0.2) is 12.5 Å². The van der Waals surface area contributed by atoms with Crippen molar-refractivity contribution in [3.05, 3.63) is 146 Å². The minimum absolute atomic E-state index is 0.0246. The van der Waals surface area contributed by atoms with Gasteiger partial charge in [0, 0.05) is 0 Å². The second-order valence-electron chi connectivity index (χ2n) is 18.4. The summed E-state index contributed by atoms with van der Waals surface area (Å²) in [7, 11) is 1.80. The Morgan fingerprint density at radius 1 is 0.603 bits per heavy atom. The van der Waals surface area contributed by atoms with Crippen molar-refractivity contribution in [2.75, 3.05) is 7.11 Å².